The van der Waals surface area contributed by atoms with Crippen LogP contribution >= 0.6 is 12.6 Å². The molecule has 3 heteroatoms. The Morgan fingerprint density at radius 1 is 1.71 bits per heavy atom. The molecule has 0 aromatic heterocycles. The van der Waals surface area contributed by atoms with Gasteiger partial charge in [0.1, 0.15) is 0 Å². The summed E-state index contributed by atoms with van der Waals surface area (Å²) in [5.41, 5.74) is -0.472. The Bertz CT molecular complexity index is 20.9. The van der Waals surface area contributed by atoms with Gasteiger partial charge in [-0.2, -0.15) is 0 Å². The molecular weight excluding hydrogens is 112 g/mol. The van der Waals surface area contributed by atoms with Gasteiger partial charge in [0, 0.05) is 6.61 Å². The second-order valence-corrected chi connectivity index (χ2v) is 1.70. The zero-order valence-corrected chi connectivity index (χ0v) is 5.52. The first-order valence-corrected chi connectivity index (χ1v) is 2.63. The molecule has 0 bridgehead atoms. The van der Waals surface area contributed by atoms with Gasteiger partial charge in [-0.1, -0.05) is 0 Å². The van der Waals surface area contributed by atoms with Crippen molar-refractivity contribution in [3.8, 4) is 0 Å². The Kier molecular flexibility index (Phi) is 14.0. The molecule has 0 saturated heterocycles. The summed E-state index contributed by atoms with van der Waals surface area (Å²) in [6.45, 7) is 3.52. The van der Waals surface area contributed by atoms with Crippen LogP contribution in [0.15, 0.2) is 0 Å². The predicted octanol–water partition coefficient (Wildman–Crippen LogP) is 0.253. The van der Waals surface area contributed by atoms with Crippen LogP contribution in [0.5, 0.6) is 0 Å². The smallest absolute Gasteiger partial charge is 0.0936 e. The molecule has 0 saturated carbocycles. The van der Waals surface area contributed by atoms with E-state index in [-0.39, 0.29) is 6.61 Å². The van der Waals surface area contributed by atoms with E-state index in [0.29, 0.717) is 0 Å². The minimum atomic E-state index is -0.472. The third-order valence-electron chi connectivity index (χ3n) is 0. The van der Waals surface area contributed by atoms with Crippen molar-refractivity contribution in [3.63, 3.8) is 0 Å². The Labute approximate surface area is 49.6 Å². The second-order valence-electron chi connectivity index (χ2n) is 0.948. The molecule has 0 spiro atoms. The molecule has 46 valence electrons. The van der Waals surface area contributed by atoms with E-state index < -0.39 is 5.44 Å². The molecule has 1 unspecified atom stereocenters. The highest BCUT2D eigenvalue weighted by atomic mass is 32.1. The maximum Gasteiger partial charge on any atom is 0.0936 e. The molecule has 1 atom stereocenters. The van der Waals surface area contributed by atoms with Crippen molar-refractivity contribution in [1.82, 2.24) is 0 Å². The molecule has 2 nitrogen and oxygen atoms in total. The first-order valence-electron chi connectivity index (χ1n) is 2.12. The average Bonchev–Trinajstić information content (AvgIpc) is 1.33. The fourth-order valence-electron chi connectivity index (χ4n) is 0. The molecule has 0 fully saturated rings. The zero-order valence-electron chi connectivity index (χ0n) is 4.63. The van der Waals surface area contributed by atoms with E-state index in [1.165, 1.54) is 0 Å². The Morgan fingerprint density at radius 3 is 1.71 bits per heavy atom. The summed E-state index contributed by atoms with van der Waals surface area (Å²) in [4.78, 5) is 0. The maximum absolute atomic E-state index is 7.92. The molecule has 0 aliphatic rings. The second kappa shape index (κ2) is 9.55. The molecule has 0 aliphatic carbocycles. The number of aliphatic hydroxyl groups is 2. The Hall–Kier alpha value is 0.270. The summed E-state index contributed by atoms with van der Waals surface area (Å²) >= 11 is 3.52. The Morgan fingerprint density at radius 2 is 1.71 bits per heavy atom. The van der Waals surface area contributed by atoms with Crippen molar-refractivity contribution >= 4 is 12.6 Å². The molecule has 2 N–H and O–H groups in total. The van der Waals surface area contributed by atoms with E-state index in [1.54, 1.807) is 13.8 Å². The molecule has 0 aliphatic heterocycles. The summed E-state index contributed by atoms with van der Waals surface area (Å²) in [5.74, 6) is 0. The van der Waals surface area contributed by atoms with Gasteiger partial charge >= 0.3 is 0 Å². The van der Waals surface area contributed by atoms with Gasteiger partial charge in [-0.3, -0.25) is 0 Å². The highest BCUT2D eigenvalue weighted by Crippen LogP contribution is 1.78. The normalized spacial score (nSPS) is 11.6. The van der Waals surface area contributed by atoms with Crippen LogP contribution < -0.4 is 0 Å². The molecule has 0 radical (unpaired) electrons. The van der Waals surface area contributed by atoms with Gasteiger partial charge < -0.3 is 10.2 Å². The lowest BCUT2D eigenvalue weighted by molar-refractivity contribution is 0.286. The zero-order chi connectivity index (χ0) is 6.28. The van der Waals surface area contributed by atoms with Gasteiger partial charge in [0.25, 0.3) is 0 Å². The Balaban J connectivity index is 0. The lowest BCUT2D eigenvalue weighted by atomic mass is 10.9. The molecule has 0 aromatic carbocycles. The number of aliphatic hydroxyl groups excluding tert-OH is 2. The standard InChI is InChI=1S/C2H6OS.C2H6O/c1-2(3)4;1-2-3/h2-4H,1H3;3H,2H2,1H3. The molecular formula is C4H12O2S. The first kappa shape index (κ1) is 10.3. The van der Waals surface area contributed by atoms with Crippen LogP contribution in [-0.2, 0) is 0 Å². The number of hydrogen-bond donors (Lipinski definition) is 3. The summed E-state index contributed by atoms with van der Waals surface area (Å²) in [5, 5.41) is 15.5. The van der Waals surface area contributed by atoms with Crippen molar-refractivity contribution in [2.24, 2.45) is 0 Å². The largest absolute Gasteiger partial charge is 0.397 e. The van der Waals surface area contributed by atoms with Gasteiger partial charge in [-0.15, -0.1) is 12.6 Å². The fraction of sp³-hybridized carbons (Fsp3) is 1.00. The number of rotatable bonds is 0. The van der Waals surface area contributed by atoms with Crippen molar-refractivity contribution < 1.29 is 10.2 Å². The van der Waals surface area contributed by atoms with Crippen molar-refractivity contribution in [3.05, 3.63) is 0 Å². The van der Waals surface area contributed by atoms with E-state index in [9.17, 15) is 0 Å². The lowest BCUT2D eigenvalue weighted by Gasteiger charge is -1.79. The highest BCUT2D eigenvalue weighted by Gasteiger charge is 1.70. The summed E-state index contributed by atoms with van der Waals surface area (Å²) in [7, 11) is 0. The fourth-order valence-corrected chi connectivity index (χ4v) is 0. The van der Waals surface area contributed by atoms with Gasteiger partial charge in [0.15, 0.2) is 0 Å². The maximum atomic E-state index is 7.92. The van der Waals surface area contributed by atoms with Crippen molar-refractivity contribution in [2.75, 3.05) is 6.61 Å². The molecule has 7 heavy (non-hydrogen) atoms. The van der Waals surface area contributed by atoms with E-state index in [2.05, 4.69) is 12.6 Å². The molecule has 0 aromatic rings. The number of thiol groups is 1. The van der Waals surface area contributed by atoms with Crippen molar-refractivity contribution in [2.45, 2.75) is 19.3 Å². The summed E-state index contributed by atoms with van der Waals surface area (Å²) < 4.78 is 0. The highest BCUT2D eigenvalue weighted by molar-refractivity contribution is 7.80. The van der Waals surface area contributed by atoms with E-state index >= 15 is 0 Å². The van der Waals surface area contributed by atoms with Crippen LogP contribution in [0.3, 0.4) is 0 Å². The third kappa shape index (κ3) is 1570. The van der Waals surface area contributed by atoms with Crippen LogP contribution in [0.2, 0.25) is 0 Å². The van der Waals surface area contributed by atoms with Crippen LogP contribution in [0.25, 0.3) is 0 Å². The molecule has 0 amide bonds. The molecule has 0 heterocycles. The third-order valence-corrected chi connectivity index (χ3v) is 0. The average molecular weight is 124 g/mol. The van der Waals surface area contributed by atoms with Gasteiger partial charge in [0.2, 0.25) is 0 Å². The summed E-state index contributed by atoms with van der Waals surface area (Å²) in [6, 6.07) is 0. The minimum Gasteiger partial charge on any atom is -0.397 e. The van der Waals surface area contributed by atoms with Crippen LogP contribution in [0.1, 0.15) is 13.8 Å². The van der Waals surface area contributed by atoms with Crippen LogP contribution in [0.4, 0.5) is 0 Å². The quantitative estimate of drug-likeness (QED) is 0.320. The predicted molar refractivity (Wildman–Crippen MR) is 33.4 cm³/mol. The SMILES string of the molecule is CC(O)S.CCO. The lowest BCUT2D eigenvalue weighted by Crippen LogP contribution is -1.79. The van der Waals surface area contributed by atoms with Crippen LogP contribution in [0, 0.1) is 0 Å². The molecule has 0 rings (SSSR count). The monoisotopic (exact) mass is 124 g/mol. The van der Waals surface area contributed by atoms with E-state index in [4.69, 9.17) is 10.2 Å². The van der Waals surface area contributed by atoms with E-state index in [0.717, 1.165) is 0 Å². The van der Waals surface area contributed by atoms with Crippen LogP contribution in [-0.4, -0.2) is 22.3 Å². The first-order chi connectivity index (χ1) is 3.15. The van der Waals surface area contributed by atoms with Gasteiger partial charge in [-0.05, 0) is 13.8 Å². The van der Waals surface area contributed by atoms with E-state index in [1.807, 2.05) is 0 Å². The number of hydrogen-bond acceptors (Lipinski definition) is 3. The van der Waals surface area contributed by atoms with Gasteiger partial charge in [0.05, 0.1) is 5.44 Å². The van der Waals surface area contributed by atoms with Crippen molar-refractivity contribution in [1.29, 1.82) is 0 Å². The summed E-state index contributed by atoms with van der Waals surface area (Å²) in [6.07, 6.45) is 0. The topological polar surface area (TPSA) is 40.5 Å². The minimum absolute atomic E-state index is 0.250. The van der Waals surface area contributed by atoms with Gasteiger partial charge in [-0.25, -0.2) is 0 Å².